The largest absolute Gasteiger partial charge is 0.425 e. The third kappa shape index (κ3) is 5.13. The third-order valence-electron chi connectivity index (χ3n) is 5.96. The number of unbranched alkanes of at least 4 members (excludes halogenated alkanes) is 1. The molecule has 182 valence electrons. The van der Waals surface area contributed by atoms with E-state index in [1.54, 1.807) is 43.3 Å². The zero-order valence-electron chi connectivity index (χ0n) is 19.8. The van der Waals surface area contributed by atoms with Crippen molar-refractivity contribution >= 4 is 37.7 Å². The topological polar surface area (TPSA) is 103 Å². The number of nitrogens with one attached hydrogen (secondary N) is 1. The van der Waals surface area contributed by atoms with Gasteiger partial charge in [0.1, 0.15) is 17.4 Å². The van der Waals surface area contributed by atoms with Crippen LogP contribution in [-0.4, -0.2) is 20.4 Å². The van der Waals surface area contributed by atoms with Crippen molar-refractivity contribution in [2.45, 2.75) is 51.0 Å². The number of hydrogen-bond donors (Lipinski definition) is 1. The standard InChI is InChI=1S/C27H27NO6S/c1-4-5-10-23(28-35(31,32)19-13-11-17(2)12-14-19)27(30)33-24-16-15-21-20-8-6-7-9-22(20)26(29)34-25(21)18(24)3/h6-9,11-16,23,28H,4-5,10H2,1-3H3/t23-/m0/s1. The van der Waals surface area contributed by atoms with E-state index in [2.05, 4.69) is 4.72 Å². The predicted octanol–water partition coefficient (Wildman–Crippen LogP) is 5.01. The van der Waals surface area contributed by atoms with Crippen LogP contribution in [0.15, 0.2) is 74.8 Å². The van der Waals surface area contributed by atoms with Crippen LogP contribution < -0.4 is 15.1 Å². The monoisotopic (exact) mass is 493 g/mol. The van der Waals surface area contributed by atoms with E-state index in [-0.39, 0.29) is 17.1 Å². The van der Waals surface area contributed by atoms with Gasteiger partial charge in [-0.05, 0) is 56.0 Å². The maximum absolute atomic E-state index is 13.1. The normalized spacial score (nSPS) is 12.7. The number of carbonyl (C=O) groups is 1. The number of esters is 1. The van der Waals surface area contributed by atoms with E-state index in [1.807, 2.05) is 26.0 Å². The summed E-state index contributed by atoms with van der Waals surface area (Å²) in [6.07, 6.45) is 1.70. The molecule has 0 bridgehead atoms. The molecule has 1 aromatic heterocycles. The van der Waals surface area contributed by atoms with E-state index in [1.165, 1.54) is 12.1 Å². The second kappa shape index (κ2) is 10.0. The lowest BCUT2D eigenvalue weighted by Crippen LogP contribution is -2.43. The molecular formula is C27H27NO6S. The molecule has 1 heterocycles. The number of benzene rings is 3. The molecule has 0 saturated carbocycles. The minimum absolute atomic E-state index is 0.0768. The highest BCUT2D eigenvalue weighted by Gasteiger charge is 2.28. The predicted molar refractivity (Wildman–Crippen MR) is 135 cm³/mol. The van der Waals surface area contributed by atoms with Gasteiger partial charge in [-0.25, -0.2) is 18.0 Å². The van der Waals surface area contributed by atoms with Crippen LogP contribution in [0.5, 0.6) is 5.75 Å². The molecule has 0 fully saturated rings. The maximum atomic E-state index is 13.1. The highest BCUT2D eigenvalue weighted by molar-refractivity contribution is 7.89. The molecule has 1 N–H and O–H groups in total. The van der Waals surface area contributed by atoms with Crippen LogP contribution in [0.2, 0.25) is 0 Å². The van der Waals surface area contributed by atoms with Crippen LogP contribution in [-0.2, 0) is 14.8 Å². The number of fused-ring (bicyclic) bond motifs is 3. The molecule has 4 aromatic rings. The Morgan fingerprint density at radius 3 is 2.34 bits per heavy atom. The molecule has 0 aliphatic rings. The van der Waals surface area contributed by atoms with Crippen molar-refractivity contribution in [3.05, 3.63) is 82.2 Å². The summed E-state index contributed by atoms with van der Waals surface area (Å²) >= 11 is 0. The lowest BCUT2D eigenvalue weighted by atomic mass is 10.0. The fourth-order valence-corrected chi connectivity index (χ4v) is 5.18. The molecule has 7 nitrogen and oxygen atoms in total. The summed E-state index contributed by atoms with van der Waals surface area (Å²) in [4.78, 5) is 25.7. The highest BCUT2D eigenvalue weighted by atomic mass is 32.2. The highest BCUT2D eigenvalue weighted by Crippen LogP contribution is 2.31. The molecular weight excluding hydrogens is 466 g/mol. The minimum Gasteiger partial charge on any atom is -0.425 e. The summed E-state index contributed by atoms with van der Waals surface area (Å²) in [5, 5.41) is 1.93. The number of aryl methyl sites for hydroxylation is 2. The Kier molecular flexibility index (Phi) is 7.05. The number of sulfonamides is 1. The molecule has 4 rings (SSSR count). The van der Waals surface area contributed by atoms with Crippen LogP contribution in [0.4, 0.5) is 0 Å². The van der Waals surface area contributed by atoms with Gasteiger partial charge in [-0.3, -0.25) is 0 Å². The van der Waals surface area contributed by atoms with Crippen molar-refractivity contribution in [1.29, 1.82) is 0 Å². The van der Waals surface area contributed by atoms with Crippen molar-refractivity contribution in [3.63, 3.8) is 0 Å². The first-order chi connectivity index (χ1) is 16.7. The fourth-order valence-electron chi connectivity index (χ4n) is 3.96. The Morgan fingerprint density at radius 2 is 1.66 bits per heavy atom. The van der Waals surface area contributed by atoms with Gasteiger partial charge in [0.2, 0.25) is 10.0 Å². The lowest BCUT2D eigenvalue weighted by Gasteiger charge is -2.18. The van der Waals surface area contributed by atoms with Gasteiger partial charge in [0.15, 0.2) is 0 Å². The van der Waals surface area contributed by atoms with Crippen LogP contribution in [0.1, 0.15) is 37.3 Å². The van der Waals surface area contributed by atoms with E-state index in [0.717, 1.165) is 22.8 Å². The second-order valence-corrected chi connectivity index (χ2v) is 10.3. The molecule has 8 heteroatoms. The number of rotatable bonds is 8. The van der Waals surface area contributed by atoms with Crippen molar-refractivity contribution in [1.82, 2.24) is 4.72 Å². The second-order valence-electron chi connectivity index (χ2n) is 8.55. The Hall–Kier alpha value is -3.49. The molecule has 35 heavy (non-hydrogen) atoms. The first-order valence-electron chi connectivity index (χ1n) is 11.5. The number of ether oxygens (including phenoxy) is 1. The van der Waals surface area contributed by atoms with Gasteiger partial charge in [-0.1, -0.05) is 55.7 Å². The quantitative estimate of drug-likeness (QED) is 0.160. The van der Waals surface area contributed by atoms with Crippen LogP contribution in [0.25, 0.3) is 21.7 Å². The van der Waals surface area contributed by atoms with Crippen molar-refractivity contribution in [3.8, 4) is 5.75 Å². The molecule has 0 aliphatic heterocycles. The van der Waals surface area contributed by atoms with Gasteiger partial charge in [-0.2, -0.15) is 4.72 Å². The lowest BCUT2D eigenvalue weighted by molar-refractivity contribution is -0.136. The average molecular weight is 494 g/mol. The van der Waals surface area contributed by atoms with E-state index in [9.17, 15) is 18.0 Å². The Morgan fingerprint density at radius 1 is 0.971 bits per heavy atom. The smallest absolute Gasteiger partial charge is 0.344 e. The van der Waals surface area contributed by atoms with Crippen molar-refractivity contribution in [2.24, 2.45) is 0 Å². The summed E-state index contributed by atoms with van der Waals surface area (Å²) in [5.74, 6) is -0.517. The van der Waals surface area contributed by atoms with Gasteiger partial charge in [0.05, 0.1) is 10.3 Å². The number of carbonyl (C=O) groups excluding carboxylic acids is 1. The minimum atomic E-state index is -3.93. The summed E-state index contributed by atoms with van der Waals surface area (Å²) in [6, 6.07) is 15.8. The van der Waals surface area contributed by atoms with Crippen LogP contribution in [0, 0.1) is 13.8 Å². The molecule has 0 radical (unpaired) electrons. The van der Waals surface area contributed by atoms with Crippen molar-refractivity contribution < 1.29 is 22.4 Å². The van der Waals surface area contributed by atoms with E-state index in [4.69, 9.17) is 9.15 Å². The van der Waals surface area contributed by atoms with Gasteiger partial charge < -0.3 is 9.15 Å². The Labute approximate surface area is 203 Å². The van der Waals surface area contributed by atoms with Gasteiger partial charge in [-0.15, -0.1) is 0 Å². The zero-order valence-corrected chi connectivity index (χ0v) is 20.6. The average Bonchev–Trinajstić information content (AvgIpc) is 2.84. The molecule has 0 unspecified atom stereocenters. The summed E-state index contributed by atoms with van der Waals surface area (Å²) in [6.45, 7) is 5.51. The Balaban J connectivity index is 1.65. The van der Waals surface area contributed by atoms with E-state index < -0.39 is 27.7 Å². The fraction of sp³-hybridized carbons (Fsp3) is 0.259. The SMILES string of the molecule is CCCC[C@H](NS(=O)(=O)c1ccc(C)cc1)C(=O)Oc1ccc2c(oc(=O)c3ccccc32)c1C. The van der Waals surface area contributed by atoms with Crippen LogP contribution >= 0.6 is 0 Å². The molecule has 0 saturated heterocycles. The molecule has 0 spiro atoms. The van der Waals surface area contributed by atoms with Crippen molar-refractivity contribution in [2.75, 3.05) is 0 Å². The first-order valence-corrected chi connectivity index (χ1v) is 13.0. The third-order valence-corrected chi connectivity index (χ3v) is 7.45. The molecule has 1 atom stereocenters. The maximum Gasteiger partial charge on any atom is 0.344 e. The summed E-state index contributed by atoms with van der Waals surface area (Å²) in [7, 11) is -3.93. The zero-order chi connectivity index (χ0) is 25.2. The molecule has 0 amide bonds. The molecule has 3 aromatic carbocycles. The Bertz CT molecular complexity index is 1550. The van der Waals surface area contributed by atoms with Crippen LogP contribution in [0.3, 0.4) is 0 Å². The van der Waals surface area contributed by atoms with Gasteiger partial charge in [0, 0.05) is 10.9 Å². The van der Waals surface area contributed by atoms with E-state index >= 15 is 0 Å². The first kappa shape index (κ1) is 24.6. The summed E-state index contributed by atoms with van der Waals surface area (Å²) in [5.41, 5.74) is 1.25. The van der Waals surface area contributed by atoms with Gasteiger partial charge >= 0.3 is 11.6 Å². The van der Waals surface area contributed by atoms with E-state index in [0.29, 0.717) is 23.0 Å². The molecule has 0 aliphatic carbocycles. The number of hydrogen-bond acceptors (Lipinski definition) is 6. The van der Waals surface area contributed by atoms with Gasteiger partial charge in [0.25, 0.3) is 0 Å². The summed E-state index contributed by atoms with van der Waals surface area (Å²) < 4.78 is 39.5.